The van der Waals surface area contributed by atoms with Gasteiger partial charge in [-0.1, -0.05) is 30.3 Å². The van der Waals surface area contributed by atoms with Crippen molar-refractivity contribution < 1.29 is 13.9 Å². The Morgan fingerprint density at radius 3 is 2.78 bits per heavy atom. The number of nitrogens with zero attached hydrogens (tertiary/aromatic N) is 1. The van der Waals surface area contributed by atoms with Crippen LogP contribution in [0.2, 0.25) is 0 Å². The summed E-state index contributed by atoms with van der Waals surface area (Å²) < 4.78 is 11.2. The zero-order valence-corrected chi connectivity index (χ0v) is 13.1. The molecule has 0 bridgehead atoms. The van der Waals surface area contributed by atoms with Crippen LogP contribution in [0.3, 0.4) is 0 Å². The lowest BCUT2D eigenvalue weighted by molar-refractivity contribution is -0.118. The Bertz CT molecular complexity index is 825. The van der Waals surface area contributed by atoms with Gasteiger partial charge in [0.05, 0.1) is 13.3 Å². The van der Waals surface area contributed by atoms with E-state index in [1.165, 1.54) is 6.92 Å². The second kappa shape index (κ2) is 6.52. The average molecular weight is 310 g/mol. The van der Waals surface area contributed by atoms with Gasteiger partial charge < -0.3 is 14.5 Å². The molecular weight excluding hydrogens is 292 g/mol. The molecule has 3 rings (SSSR count). The first-order chi connectivity index (χ1) is 11.2. The van der Waals surface area contributed by atoms with Gasteiger partial charge in [-0.05, 0) is 12.5 Å². The molecule has 3 aromatic rings. The van der Waals surface area contributed by atoms with Crippen molar-refractivity contribution in [3.05, 3.63) is 48.2 Å². The van der Waals surface area contributed by atoms with Gasteiger partial charge in [0.2, 0.25) is 11.6 Å². The Kier molecular flexibility index (Phi) is 4.28. The molecule has 2 aromatic heterocycles. The van der Waals surface area contributed by atoms with E-state index in [-0.39, 0.29) is 5.91 Å². The van der Waals surface area contributed by atoms with Crippen molar-refractivity contribution in [2.75, 3.05) is 13.7 Å². The van der Waals surface area contributed by atoms with Crippen LogP contribution in [0, 0.1) is 0 Å². The lowest BCUT2D eigenvalue weighted by atomic mass is 10.0. The van der Waals surface area contributed by atoms with Crippen molar-refractivity contribution >= 4 is 17.0 Å². The third-order valence-electron chi connectivity index (χ3n) is 3.64. The molecule has 0 saturated carbocycles. The summed E-state index contributed by atoms with van der Waals surface area (Å²) in [5.74, 6) is 1.42. The number of hydrogen-bond acceptors (Lipinski definition) is 4. The summed E-state index contributed by atoms with van der Waals surface area (Å²) in [5.41, 5.74) is 2.58. The van der Waals surface area contributed by atoms with Crippen LogP contribution in [-0.4, -0.2) is 24.5 Å². The highest BCUT2D eigenvalue weighted by atomic mass is 16.5. The molecule has 0 fully saturated rings. The smallest absolute Gasteiger partial charge is 0.227 e. The van der Waals surface area contributed by atoms with E-state index in [9.17, 15) is 4.79 Å². The van der Waals surface area contributed by atoms with E-state index < -0.39 is 0 Å². The van der Waals surface area contributed by atoms with Crippen molar-refractivity contribution in [1.29, 1.82) is 0 Å². The van der Waals surface area contributed by atoms with Crippen LogP contribution in [0.5, 0.6) is 5.75 Å². The molecule has 0 aliphatic rings. The van der Waals surface area contributed by atoms with Gasteiger partial charge in [-0.2, -0.15) is 0 Å². The van der Waals surface area contributed by atoms with Crippen LogP contribution < -0.4 is 10.1 Å². The lowest BCUT2D eigenvalue weighted by Gasteiger charge is -2.05. The number of fused-ring (bicyclic) bond motifs is 1. The normalized spacial score (nSPS) is 10.7. The predicted molar refractivity (Wildman–Crippen MR) is 88.4 cm³/mol. The quantitative estimate of drug-likeness (QED) is 0.786. The van der Waals surface area contributed by atoms with E-state index in [4.69, 9.17) is 9.15 Å². The molecule has 23 heavy (non-hydrogen) atoms. The first kappa shape index (κ1) is 15.1. The van der Waals surface area contributed by atoms with Crippen LogP contribution in [-0.2, 0) is 11.2 Å². The monoisotopic (exact) mass is 310 g/mol. The molecule has 0 unspecified atom stereocenters. The first-order valence-electron chi connectivity index (χ1n) is 7.44. The Labute approximate surface area is 134 Å². The number of carbonyl (C=O) groups is 1. The molecule has 0 saturated heterocycles. The van der Waals surface area contributed by atoms with E-state index in [2.05, 4.69) is 10.3 Å². The molecule has 5 nitrogen and oxygen atoms in total. The van der Waals surface area contributed by atoms with Gasteiger partial charge in [-0.25, -0.2) is 4.98 Å². The number of aromatic nitrogens is 1. The first-order valence-corrected chi connectivity index (χ1v) is 7.44. The number of rotatable bonds is 5. The number of pyridine rings is 1. The molecule has 0 aliphatic carbocycles. The molecule has 0 spiro atoms. The Morgan fingerprint density at radius 1 is 1.30 bits per heavy atom. The van der Waals surface area contributed by atoms with E-state index in [1.54, 1.807) is 13.3 Å². The number of benzene rings is 1. The van der Waals surface area contributed by atoms with E-state index in [0.29, 0.717) is 24.4 Å². The van der Waals surface area contributed by atoms with Gasteiger partial charge in [0.25, 0.3) is 0 Å². The van der Waals surface area contributed by atoms with E-state index in [0.717, 1.165) is 22.3 Å². The molecular formula is C18H18N2O3. The fourth-order valence-electron chi connectivity index (χ4n) is 2.56. The van der Waals surface area contributed by atoms with E-state index >= 15 is 0 Å². The Balaban J connectivity index is 2.08. The summed E-state index contributed by atoms with van der Waals surface area (Å²) in [7, 11) is 1.61. The highest BCUT2D eigenvalue weighted by Gasteiger charge is 2.17. The maximum Gasteiger partial charge on any atom is 0.227 e. The zero-order valence-electron chi connectivity index (χ0n) is 13.1. The third-order valence-corrected chi connectivity index (χ3v) is 3.64. The summed E-state index contributed by atoms with van der Waals surface area (Å²) in [6.45, 7) is 2.05. The SMILES string of the molecule is COc1cnc2oc(-c3ccccc3)c(CCNC(C)=O)c2c1. The number of nitrogens with one attached hydrogen (secondary N) is 1. The predicted octanol–water partition coefficient (Wildman–Crippen LogP) is 3.18. The Hall–Kier alpha value is -2.82. The van der Waals surface area contributed by atoms with Crippen molar-refractivity contribution in [3.8, 4) is 17.1 Å². The van der Waals surface area contributed by atoms with Crippen LogP contribution in [0.25, 0.3) is 22.4 Å². The molecule has 1 aromatic carbocycles. The summed E-state index contributed by atoms with van der Waals surface area (Å²) >= 11 is 0. The number of hydrogen-bond donors (Lipinski definition) is 1. The number of amides is 1. The van der Waals surface area contributed by atoms with Crippen molar-refractivity contribution in [2.45, 2.75) is 13.3 Å². The largest absolute Gasteiger partial charge is 0.495 e. The van der Waals surface area contributed by atoms with Gasteiger partial charge >= 0.3 is 0 Å². The van der Waals surface area contributed by atoms with Crippen LogP contribution >= 0.6 is 0 Å². The minimum Gasteiger partial charge on any atom is -0.495 e. The van der Waals surface area contributed by atoms with Gasteiger partial charge in [0.1, 0.15) is 11.5 Å². The zero-order chi connectivity index (χ0) is 16.2. The molecule has 5 heteroatoms. The number of furan rings is 1. The minimum absolute atomic E-state index is 0.0465. The fraction of sp³-hybridized carbons (Fsp3) is 0.222. The molecule has 2 heterocycles. The number of carbonyl (C=O) groups excluding carboxylic acids is 1. The second-order valence-electron chi connectivity index (χ2n) is 5.24. The highest BCUT2D eigenvalue weighted by Crippen LogP contribution is 2.34. The standard InChI is InChI=1S/C18H18N2O3/c1-12(21)19-9-8-15-16-10-14(22-2)11-20-18(16)23-17(15)13-6-4-3-5-7-13/h3-7,10-11H,8-9H2,1-2H3,(H,19,21). The van der Waals surface area contributed by atoms with Crippen LogP contribution in [0.4, 0.5) is 0 Å². The van der Waals surface area contributed by atoms with E-state index in [1.807, 2.05) is 36.4 Å². The maximum absolute atomic E-state index is 11.1. The van der Waals surface area contributed by atoms with Crippen molar-refractivity contribution in [2.24, 2.45) is 0 Å². The number of ether oxygens (including phenoxy) is 1. The Morgan fingerprint density at radius 2 is 2.09 bits per heavy atom. The third kappa shape index (κ3) is 3.18. The molecule has 0 radical (unpaired) electrons. The maximum atomic E-state index is 11.1. The molecule has 0 atom stereocenters. The van der Waals surface area contributed by atoms with Crippen molar-refractivity contribution in [1.82, 2.24) is 10.3 Å². The van der Waals surface area contributed by atoms with Gasteiger partial charge in [-0.3, -0.25) is 4.79 Å². The van der Waals surface area contributed by atoms with Gasteiger partial charge in [-0.15, -0.1) is 0 Å². The summed E-state index contributed by atoms with van der Waals surface area (Å²) in [4.78, 5) is 15.4. The molecule has 1 amide bonds. The fourth-order valence-corrected chi connectivity index (χ4v) is 2.56. The topological polar surface area (TPSA) is 64.4 Å². The second-order valence-corrected chi connectivity index (χ2v) is 5.24. The summed E-state index contributed by atoms with van der Waals surface area (Å²) in [6.07, 6.45) is 2.30. The van der Waals surface area contributed by atoms with Crippen LogP contribution in [0.15, 0.2) is 47.0 Å². The van der Waals surface area contributed by atoms with Crippen LogP contribution in [0.1, 0.15) is 12.5 Å². The van der Waals surface area contributed by atoms with Gasteiger partial charge in [0.15, 0.2) is 0 Å². The molecule has 0 aliphatic heterocycles. The average Bonchev–Trinajstić information content (AvgIpc) is 2.93. The molecule has 118 valence electrons. The number of methoxy groups -OCH3 is 1. The van der Waals surface area contributed by atoms with Gasteiger partial charge in [0, 0.05) is 30.0 Å². The minimum atomic E-state index is -0.0465. The van der Waals surface area contributed by atoms with Crippen molar-refractivity contribution in [3.63, 3.8) is 0 Å². The highest BCUT2D eigenvalue weighted by molar-refractivity contribution is 5.86. The molecule has 1 N–H and O–H groups in total. The summed E-state index contributed by atoms with van der Waals surface area (Å²) in [5, 5.41) is 3.73. The summed E-state index contributed by atoms with van der Waals surface area (Å²) in [6, 6.07) is 11.8. The lowest BCUT2D eigenvalue weighted by Crippen LogP contribution is -2.22.